The van der Waals surface area contributed by atoms with E-state index in [1.54, 1.807) is 0 Å². The number of amides is 1. The van der Waals surface area contributed by atoms with Gasteiger partial charge in [-0.1, -0.05) is 25.4 Å². The Labute approximate surface area is 109 Å². The van der Waals surface area contributed by atoms with Crippen LogP contribution in [0.5, 0.6) is 0 Å². The van der Waals surface area contributed by atoms with E-state index in [1.807, 2.05) is 0 Å². The zero-order valence-electron chi connectivity index (χ0n) is 9.91. The van der Waals surface area contributed by atoms with Crippen molar-refractivity contribution in [2.75, 3.05) is 5.32 Å². The van der Waals surface area contributed by atoms with Gasteiger partial charge in [-0.2, -0.15) is 0 Å². The first kappa shape index (κ1) is 14.4. The number of hydrogen-bond donors (Lipinski definition) is 2. The van der Waals surface area contributed by atoms with E-state index in [1.165, 1.54) is 19.9 Å². The molecule has 0 aromatic heterocycles. The molecule has 0 bridgehead atoms. The number of halogens is 2. The summed E-state index contributed by atoms with van der Waals surface area (Å²) in [5.41, 5.74) is 0.203. The average molecular weight is 274 g/mol. The summed E-state index contributed by atoms with van der Waals surface area (Å²) in [5, 5.41) is 11.4. The number of carboxylic acids is 1. The van der Waals surface area contributed by atoms with Crippen molar-refractivity contribution in [2.45, 2.75) is 13.8 Å². The Hall–Kier alpha value is -1.62. The van der Waals surface area contributed by atoms with Gasteiger partial charge in [0.2, 0.25) is 5.91 Å². The van der Waals surface area contributed by atoms with Crippen LogP contribution in [0, 0.1) is 17.7 Å². The third-order valence-corrected chi connectivity index (χ3v) is 2.90. The van der Waals surface area contributed by atoms with Crippen LogP contribution in [-0.2, 0) is 9.59 Å². The first-order valence-corrected chi connectivity index (χ1v) is 5.69. The Morgan fingerprint density at radius 2 is 1.89 bits per heavy atom. The molecule has 2 N–H and O–H groups in total. The molecule has 18 heavy (non-hydrogen) atoms. The quantitative estimate of drug-likeness (QED) is 0.886. The molecular weight excluding hydrogens is 261 g/mol. The van der Waals surface area contributed by atoms with E-state index in [9.17, 15) is 14.0 Å². The summed E-state index contributed by atoms with van der Waals surface area (Å²) < 4.78 is 13.0. The molecule has 2 unspecified atom stereocenters. The summed E-state index contributed by atoms with van der Waals surface area (Å²) in [7, 11) is 0. The minimum Gasteiger partial charge on any atom is -0.481 e. The maximum Gasteiger partial charge on any atom is 0.307 e. The lowest BCUT2D eigenvalue weighted by atomic mass is 9.95. The van der Waals surface area contributed by atoms with Crippen LogP contribution >= 0.6 is 11.6 Å². The number of carbonyl (C=O) groups excluding carboxylic acids is 1. The molecule has 1 aromatic rings. The number of anilines is 1. The Bertz CT molecular complexity index is 458. The van der Waals surface area contributed by atoms with Gasteiger partial charge in [-0.05, 0) is 18.2 Å². The average Bonchev–Trinajstić information content (AvgIpc) is 2.25. The zero-order valence-corrected chi connectivity index (χ0v) is 10.7. The summed E-state index contributed by atoms with van der Waals surface area (Å²) in [4.78, 5) is 22.5. The van der Waals surface area contributed by atoms with Crippen LogP contribution < -0.4 is 5.32 Å². The predicted molar refractivity (Wildman–Crippen MR) is 66.0 cm³/mol. The van der Waals surface area contributed by atoms with Crippen LogP contribution in [0.15, 0.2) is 18.2 Å². The van der Waals surface area contributed by atoms with Crippen molar-refractivity contribution in [1.82, 2.24) is 0 Å². The SMILES string of the molecule is CC(C(=O)O)C(C)C(=O)Nc1cc(F)cc(Cl)c1. The van der Waals surface area contributed by atoms with Crippen LogP contribution in [-0.4, -0.2) is 17.0 Å². The van der Waals surface area contributed by atoms with Gasteiger partial charge < -0.3 is 10.4 Å². The Morgan fingerprint density at radius 1 is 1.28 bits per heavy atom. The highest BCUT2D eigenvalue weighted by molar-refractivity contribution is 6.30. The number of carbonyl (C=O) groups is 2. The van der Waals surface area contributed by atoms with Crippen molar-refractivity contribution in [2.24, 2.45) is 11.8 Å². The Balaban J connectivity index is 2.78. The van der Waals surface area contributed by atoms with Gasteiger partial charge in [-0.25, -0.2) is 4.39 Å². The van der Waals surface area contributed by atoms with E-state index in [0.29, 0.717) is 0 Å². The lowest BCUT2D eigenvalue weighted by molar-refractivity contribution is -0.145. The van der Waals surface area contributed by atoms with E-state index >= 15 is 0 Å². The summed E-state index contributed by atoms with van der Waals surface area (Å²) in [6.07, 6.45) is 0. The monoisotopic (exact) mass is 273 g/mol. The van der Waals surface area contributed by atoms with Crippen molar-refractivity contribution in [3.8, 4) is 0 Å². The highest BCUT2D eigenvalue weighted by atomic mass is 35.5. The molecule has 0 saturated heterocycles. The second-order valence-electron chi connectivity index (χ2n) is 4.06. The van der Waals surface area contributed by atoms with Crippen LogP contribution in [0.1, 0.15) is 13.8 Å². The number of nitrogens with one attached hydrogen (secondary N) is 1. The predicted octanol–water partition coefficient (Wildman–Crippen LogP) is 2.77. The molecule has 0 saturated carbocycles. The maximum absolute atomic E-state index is 13.0. The fourth-order valence-electron chi connectivity index (χ4n) is 1.32. The second-order valence-corrected chi connectivity index (χ2v) is 4.50. The lowest BCUT2D eigenvalue weighted by Gasteiger charge is -2.15. The molecule has 0 aliphatic carbocycles. The molecule has 1 aromatic carbocycles. The highest BCUT2D eigenvalue weighted by Gasteiger charge is 2.25. The maximum atomic E-state index is 13.0. The van der Waals surface area contributed by atoms with Crippen molar-refractivity contribution >= 4 is 29.2 Å². The first-order valence-electron chi connectivity index (χ1n) is 5.31. The van der Waals surface area contributed by atoms with Gasteiger partial charge in [-0.15, -0.1) is 0 Å². The third-order valence-electron chi connectivity index (χ3n) is 2.68. The minimum absolute atomic E-state index is 0.157. The van der Waals surface area contributed by atoms with Crippen LogP contribution in [0.25, 0.3) is 0 Å². The minimum atomic E-state index is -1.06. The van der Waals surface area contributed by atoms with Crippen LogP contribution in [0.3, 0.4) is 0 Å². The van der Waals surface area contributed by atoms with E-state index in [0.717, 1.165) is 12.1 Å². The molecule has 6 heteroatoms. The fourth-order valence-corrected chi connectivity index (χ4v) is 1.54. The third kappa shape index (κ3) is 3.70. The van der Waals surface area contributed by atoms with Crippen molar-refractivity contribution < 1.29 is 19.1 Å². The lowest BCUT2D eigenvalue weighted by Crippen LogP contribution is -2.29. The number of hydrogen-bond acceptors (Lipinski definition) is 2. The molecule has 0 aliphatic rings. The summed E-state index contributed by atoms with van der Waals surface area (Å²) in [6, 6.07) is 3.61. The second kappa shape index (κ2) is 5.82. The van der Waals surface area contributed by atoms with Crippen molar-refractivity contribution in [3.05, 3.63) is 29.0 Å². The van der Waals surface area contributed by atoms with Gasteiger partial charge >= 0.3 is 5.97 Å². The van der Waals surface area contributed by atoms with E-state index < -0.39 is 29.5 Å². The smallest absolute Gasteiger partial charge is 0.307 e. The van der Waals surface area contributed by atoms with Gasteiger partial charge in [0.05, 0.1) is 5.92 Å². The van der Waals surface area contributed by atoms with E-state index in [4.69, 9.17) is 16.7 Å². The first-order chi connectivity index (χ1) is 8.31. The van der Waals surface area contributed by atoms with Crippen molar-refractivity contribution in [3.63, 3.8) is 0 Å². The van der Waals surface area contributed by atoms with E-state index in [-0.39, 0.29) is 10.7 Å². The molecule has 0 heterocycles. The number of benzene rings is 1. The van der Waals surface area contributed by atoms with Gasteiger partial charge in [0.1, 0.15) is 5.82 Å². The van der Waals surface area contributed by atoms with Gasteiger partial charge in [0.25, 0.3) is 0 Å². The normalized spacial score (nSPS) is 13.8. The standard InChI is InChI=1S/C12H13ClFNO3/c1-6(7(2)12(17)18)11(16)15-10-4-8(13)3-9(14)5-10/h3-7H,1-2H3,(H,15,16)(H,17,18). The van der Waals surface area contributed by atoms with E-state index in [2.05, 4.69) is 5.32 Å². The largest absolute Gasteiger partial charge is 0.481 e. The topological polar surface area (TPSA) is 66.4 Å². The molecule has 2 atom stereocenters. The number of rotatable bonds is 4. The number of carboxylic acid groups (broad SMARTS) is 1. The van der Waals surface area contributed by atoms with Crippen LogP contribution in [0.4, 0.5) is 10.1 Å². The van der Waals surface area contributed by atoms with Gasteiger partial charge in [-0.3, -0.25) is 9.59 Å². The Kier molecular flexibility index (Phi) is 4.67. The molecule has 4 nitrogen and oxygen atoms in total. The molecule has 0 radical (unpaired) electrons. The molecule has 1 amide bonds. The highest BCUT2D eigenvalue weighted by Crippen LogP contribution is 2.20. The molecule has 98 valence electrons. The van der Waals surface area contributed by atoms with Crippen LogP contribution in [0.2, 0.25) is 5.02 Å². The van der Waals surface area contributed by atoms with Gasteiger partial charge in [0.15, 0.2) is 0 Å². The van der Waals surface area contributed by atoms with Gasteiger partial charge in [0, 0.05) is 16.6 Å². The molecule has 0 spiro atoms. The molecule has 0 aliphatic heterocycles. The van der Waals surface area contributed by atoms with Crippen molar-refractivity contribution in [1.29, 1.82) is 0 Å². The summed E-state index contributed by atoms with van der Waals surface area (Å²) >= 11 is 5.64. The molecule has 1 rings (SSSR count). The zero-order chi connectivity index (χ0) is 13.9. The summed E-state index contributed by atoms with van der Waals surface area (Å²) in [5.74, 6) is -3.68. The fraction of sp³-hybridized carbons (Fsp3) is 0.333. The molecular formula is C12H13ClFNO3. The molecule has 0 fully saturated rings. The Morgan fingerprint density at radius 3 is 2.39 bits per heavy atom. The summed E-state index contributed by atoms with van der Waals surface area (Å²) in [6.45, 7) is 2.93. The number of aliphatic carboxylic acids is 1.